The summed E-state index contributed by atoms with van der Waals surface area (Å²) in [6.07, 6.45) is 2.48. The highest BCUT2D eigenvalue weighted by atomic mass is 19.4. The molecule has 0 saturated carbocycles. The first-order valence-electron chi connectivity index (χ1n) is 11.0. The number of rotatable bonds is 5. The van der Waals surface area contributed by atoms with Crippen LogP contribution in [0.3, 0.4) is 0 Å². The molecule has 1 aliphatic heterocycles. The number of aromatic nitrogens is 5. The highest BCUT2D eigenvalue weighted by molar-refractivity contribution is 5.99. The van der Waals surface area contributed by atoms with Gasteiger partial charge in [-0.05, 0) is 49.8 Å². The second-order valence-electron chi connectivity index (χ2n) is 8.49. The van der Waals surface area contributed by atoms with E-state index in [1.807, 2.05) is 6.92 Å². The fourth-order valence-corrected chi connectivity index (χ4v) is 4.44. The van der Waals surface area contributed by atoms with Crippen molar-refractivity contribution < 1.29 is 22.4 Å². The lowest BCUT2D eigenvalue weighted by molar-refractivity contribution is -0.138. The Morgan fingerprint density at radius 1 is 1.15 bits per heavy atom. The minimum atomic E-state index is -4.50. The molecule has 1 fully saturated rings. The van der Waals surface area contributed by atoms with Gasteiger partial charge in [-0.15, -0.1) is 0 Å². The molecule has 2 atom stereocenters. The molecule has 34 heavy (non-hydrogen) atoms. The Hall–Kier alpha value is -3.37. The standard InChI is InChI=1S/C23H24F4N6O/c1-14-4-3-11-32(18(14)7-8-20-28-12-16(13-29-20)23(25,26)27)22(34)21-15(2)17(24)5-6-19(21)33-30-9-10-31-33/h5-6,9-10,12-14,18H,3-4,7-8,11H2,1-2H3/t14-,18-/m1/s1. The van der Waals surface area contributed by atoms with Crippen LogP contribution in [0.2, 0.25) is 0 Å². The van der Waals surface area contributed by atoms with Gasteiger partial charge < -0.3 is 4.90 Å². The van der Waals surface area contributed by atoms with Crippen molar-refractivity contribution >= 4 is 5.91 Å². The number of hydrogen-bond acceptors (Lipinski definition) is 5. The van der Waals surface area contributed by atoms with Crippen molar-refractivity contribution in [3.63, 3.8) is 0 Å². The maximum atomic E-state index is 14.5. The van der Waals surface area contributed by atoms with E-state index >= 15 is 0 Å². The molecule has 3 heterocycles. The Balaban J connectivity index is 1.59. The number of piperidine rings is 1. The topological polar surface area (TPSA) is 76.8 Å². The van der Waals surface area contributed by atoms with Crippen LogP contribution in [-0.4, -0.2) is 48.4 Å². The molecule has 0 spiro atoms. The third-order valence-electron chi connectivity index (χ3n) is 6.30. The number of hydrogen-bond donors (Lipinski definition) is 0. The van der Waals surface area contributed by atoms with Crippen LogP contribution in [0, 0.1) is 18.7 Å². The summed E-state index contributed by atoms with van der Waals surface area (Å²) in [5.74, 6) is -0.401. The van der Waals surface area contributed by atoms with Crippen molar-refractivity contribution in [3.8, 4) is 5.69 Å². The average Bonchev–Trinajstić information content (AvgIpc) is 3.34. The van der Waals surface area contributed by atoms with Gasteiger partial charge in [0.1, 0.15) is 11.6 Å². The van der Waals surface area contributed by atoms with Crippen LogP contribution in [-0.2, 0) is 12.6 Å². The average molecular weight is 476 g/mol. The number of nitrogens with zero attached hydrogens (tertiary/aromatic N) is 6. The van der Waals surface area contributed by atoms with E-state index in [1.165, 1.54) is 29.3 Å². The van der Waals surface area contributed by atoms with Gasteiger partial charge in [-0.2, -0.15) is 28.2 Å². The second-order valence-corrected chi connectivity index (χ2v) is 8.49. The Morgan fingerprint density at radius 3 is 2.47 bits per heavy atom. The largest absolute Gasteiger partial charge is 0.419 e. The fraction of sp³-hybridized carbons (Fsp3) is 0.435. The van der Waals surface area contributed by atoms with Gasteiger partial charge in [0, 0.05) is 31.4 Å². The van der Waals surface area contributed by atoms with Gasteiger partial charge in [-0.3, -0.25) is 4.79 Å². The number of alkyl halides is 3. The predicted molar refractivity (Wildman–Crippen MR) is 115 cm³/mol. The monoisotopic (exact) mass is 476 g/mol. The van der Waals surface area contributed by atoms with E-state index < -0.39 is 17.6 Å². The minimum absolute atomic E-state index is 0.146. The molecule has 0 bridgehead atoms. The molecule has 1 aromatic carbocycles. The molecular weight excluding hydrogens is 452 g/mol. The minimum Gasteiger partial charge on any atom is -0.335 e. The number of likely N-dealkylation sites (tertiary alicyclic amines) is 1. The van der Waals surface area contributed by atoms with Crippen LogP contribution < -0.4 is 0 Å². The highest BCUT2D eigenvalue weighted by Gasteiger charge is 2.35. The molecule has 1 aliphatic rings. The van der Waals surface area contributed by atoms with Crippen LogP contribution in [0.1, 0.15) is 53.5 Å². The van der Waals surface area contributed by atoms with Gasteiger partial charge in [-0.1, -0.05) is 6.92 Å². The van der Waals surface area contributed by atoms with E-state index in [1.54, 1.807) is 11.8 Å². The summed E-state index contributed by atoms with van der Waals surface area (Å²) in [5.41, 5.74) is -0.110. The van der Waals surface area contributed by atoms with E-state index in [9.17, 15) is 22.4 Å². The molecule has 11 heteroatoms. The van der Waals surface area contributed by atoms with E-state index in [0.29, 0.717) is 25.1 Å². The smallest absolute Gasteiger partial charge is 0.335 e. The van der Waals surface area contributed by atoms with Crippen LogP contribution >= 0.6 is 0 Å². The Morgan fingerprint density at radius 2 is 1.82 bits per heavy atom. The first kappa shape index (κ1) is 23.8. The summed E-state index contributed by atoms with van der Waals surface area (Å²) in [6, 6.07) is 2.56. The zero-order valence-electron chi connectivity index (χ0n) is 18.8. The highest BCUT2D eigenvalue weighted by Crippen LogP contribution is 2.31. The molecule has 0 unspecified atom stereocenters. The van der Waals surface area contributed by atoms with Gasteiger partial charge in [-0.25, -0.2) is 14.4 Å². The molecule has 4 rings (SSSR count). The number of carbonyl (C=O) groups is 1. The number of amides is 1. The second kappa shape index (κ2) is 9.47. The maximum Gasteiger partial charge on any atom is 0.419 e. The summed E-state index contributed by atoms with van der Waals surface area (Å²) in [6.45, 7) is 4.07. The summed E-state index contributed by atoms with van der Waals surface area (Å²) in [5, 5.41) is 8.19. The Kier molecular flexibility index (Phi) is 6.63. The molecule has 2 aromatic heterocycles. The summed E-state index contributed by atoms with van der Waals surface area (Å²) >= 11 is 0. The van der Waals surface area contributed by atoms with Crippen molar-refractivity contribution in [2.45, 2.75) is 51.7 Å². The third-order valence-corrected chi connectivity index (χ3v) is 6.30. The maximum absolute atomic E-state index is 14.5. The quantitative estimate of drug-likeness (QED) is 0.511. The van der Waals surface area contributed by atoms with Gasteiger partial charge in [0.15, 0.2) is 0 Å². The van der Waals surface area contributed by atoms with Gasteiger partial charge in [0.25, 0.3) is 5.91 Å². The summed E-state index contributed by atoms with van der Waals surface area (Å²) < 4.78 is 52.8. The molecule has 0 N–H and O–H groups in total. The number of carbonyl (C=O) groups excluding carboxylic acids is 1. The normalized spacial score (nSPS) is 18.8. The molecule has 1 amide bonds. The molecule has 180 valence electrons. The predicted octanol–water partition coefficient (Wildman–Crippen LogP) is 4.40. The van der Waals surface area contributed by atoms with Gasteiger partial charge in [0.2, 0.25) is 0 Å². The lowest BCUT2D eigenvalue weighted by Crippen LogP contribution is -2.48. The fourth-order valence-electron chi connectivity index (χ4n) is 4.44. The van der Waals surface area contributed by atoms with Crippen LogP contribution in [0.4, 0.5) is 17.6 Å². The molecule has 1 saturated heterocycles. The first-order chi connectivity index (χ1) is 16.2. The molecule has 3 aromatic rings. The Labute approximate surface area is 193 Å². The van der Waals surface area contributed by atoms with E-state index in [0.717, 1.165) is 25.2 Å². The first-order valence-corrected chi connectivity index (χ1v) is 11.0. The van der Waals surface area contributed by atoms with Gasteiger partial charge >= 0.3 is 6.18 Å². The number of halogens is 4. The zero-order chi connectivity index (χ0) is 24.5. The number of benzene rings is 1. The van der Waals surface area contributed by atoms with E-state index in [2.05, 4.69) is 20.2 Å². The van der Waals surface area contributed by atoms with Crippen molar-refractivity contribution in [1.29, 1.82) is 0 Å². The van der Waals surface area contributed by atoms with Crippen LogP contribution in [0.15, 0.2) is 36.9 Å². The summed E-state index contributed by atoms with van der Waals surface area (Å²) in [7, 11) is 0. The van der Waals surface area contributed by atoms with Crippen molar-refractivity contribution in [1.82, 2.24) is 29.9 Å². The lowest BCUT2D eigenvalue weighted by atomic mass is 9.87. The van der Waals surface area contributed by atoms with Crippen LogP contribution in [0.25, 0.3) is 5.69 Å². The Bertz CT molecular complexity index is 1150. The van der Waals surface area contributed by atoms with Crippen molar-refractivity contribution in [3.05, 3.63) is 65.3 Å². The van der Waals surface area contributed by atoms with E-state index in [-0.39, 0.29) is 34.8 Å². The molecule has 0 aliphatic carbocycles. The molecule has 7 nitrogen and oxygen atoms in total. The van der Waals surface area contributed by atoms with Crippen molar-refractivity contribution in [2.24, 2.45) is 5.92 Å². The van der Waals surface area contributed by atoms with Crippen LogP contribution in [0.5, 0.6) is 0 Å². The van der Waals surface area contributed by atoms with Gasteiger partial charge in [0.05, 0.1) is 29.2 Å². The molecule has 0 radical (unpaired) electrons. The third kappa shape index (κ3) is 4.78. The number of aryl methyl sites for hydroxylation is 1. The summed E-state index contributed by atoms with van der Waals surface area (Å²) in [4.78, 5) is 24.5. The van der Waals surface area contributed by atoms with E-state index in [4.69, 9.17) is 0 Å². The molecular formula is C23H24F4N6O. The lowest BCUT2D eigenvalue weighted by Gasteiger charge is -2.40. The van der Waals surface area contributed by atoms with Crippen molar-refractivity contribution in [2.75, 3.05) is 6.54 Å². The SMILES string of the molecule is Cc1c(F)ccc(-n2nccn2)c1C(=O)N1CCC[C@@H](C)[C@H]1CCc1ncc(C(F)(F)F)cn1. The zero-order valence-corrected chi connectivity index (χ0v) is 18.8.